The number of amides is 2. The van der Waals surface area contributed by atoms with Crippen LogP contribution >= 0.6 is 35.6 Å². The molecule has 0 aliphatic carbocycles. The number of aryl methyl sites for hydroxylation is 1. The monoisotopic (exact) mass is 407 g/mol. The second-order valence-corrected chi connectivity index (χ2v) is 6.84. The molecule has 1 saturated heterocycles. The van der Waals surface area contributed by atoms with E-state index in [2.05, 4.69) is 5.32 Å². The van der Waals surface area contributed by atoms with Crippen LogP contribution in [0.15, 0.2) is 18.2 Å². The van der Waals surface area contributed by atoms with Crippen molar-refractivity contribution >= 4 is 47.4 Å². The van der Waals surface area contributed by atoms with Gasteiger partial charge in [-0.15, -0.1) is 12.4 Å². The van der Waals surface area contributed by atoms with E-state index in [1.54, 1.807) is 17.0 Å². The predicted octanol–water partition coefficient (Wildman–Crippen LogP) is 2.66. The van der Waals surface area contributed by atoms with Gasteiger partial charge in [0.15, 0.2) is 0 Å². The van der Waals surface area contributed by atoms with Gasteiger partial charge >= 0.3 is 0 Å². The summed E-state index contributed by atoms with van der Waals surface area (Å²) in [5.41, 5.74) is 6.31. The summed E-state index contributed by atoms with van der Waals surface area (Å²) in [5, 5.41) is 3.96. The Morgan fingerprint density at radius 2 is 2.08 bits per heavy atom. The van der Waals surface area contributed by atoms with Crippen molar-refractivity contribution in [2.24, 2.45) is 11.7 Å². The summed E-state index contributed by atoms with van der Waals surface area (Å²) in [5.74, 6) is -0.107. The van der Waals surface area contributed by atoms with E-state index in [9.17, 15) is 9.59 Å². The van der Waals surface area contributed by atoms with Gasteiger partial charge in [-0.1, -0.05) is 29.3 Å². The Balaban J connectivity index is 0.00000312. The number of benzene rings is 1. The molecule has 2 rings (SSSR count). The van der Waals surface area contributed by atoms with E-state index >= 15 is 0 Å². The van der Waals surface area contributed by atoms with Crippen molar-refractivity contribution in [3.8, 4) is 0 Å². The lowest BCUT2D eigenvalue weighted by Crippen LogP contribution is -2.46. The van der Waals surface area contributed by atoms with Crippen LogP contribution in [0.2, 0.25) is 10.0 Å². The maximum atomic E-state index is 12.4. The molecule has 0 radical (unpaired) electrons. The highest BCUT2D eigenvalue weighted by molar-refractivity contribution is 6.35. The fraction of sp³-hybridized carbons (Fsp3) is 0.529. The number of nitrogens with zero attached hydrogens (tertiary/aromatic N) is 1. The lowest BCUT2D eigenvalue weighted by atomic mass is 9.96. The smallest absolute Gasteiger partial charge is 0.224 e. The van der Waals surface area contributed by atoms with Crippen LogP contribution in [0, 0.1) is 5.92 Å². The summed E-state index contributed by atoms with van der Waals surface area (Å²) >= 11 is 12.0. The Labute approximate surface area is 164 Å². The topological polar surface area (TPSA) is 75.4 Å². The number of halogens is 3. The van der Waals surface area contributed by atoms with E-state index in [1.165, 1.54) is 0 Å². The van der Waals surface area contributed by atoms with Crippen LogP contribution in [0.5, 0.6) is 0 Å². The summed E-state index contributed by atoms with van der Waals surface area (Å²) in [7, 11) is 0. The molecular formula is C17H24Cl3N3O2. The largest absolute Gasteiger partial charge is 0.355 e. The Hall–Kier alpha value is -1.01. The highest BCUT2D eigenvalue weighted by atomic mass is 35.5. The average Bonchev–Trinajstić information content (AvgIpc) is 2.58. The van der Waals surface area contributed by atoms with Gasteiger partial charge in [0, 0.05) is 42.6 Å². The molecule has 140 valence electrons. The van der Waals surface area contributed by atoms with Gasteiger partial charge < -0.3 is 16.0 Å². The molecule has 1 aromatic rings. The summed E-state index contributed by atoms with van der Waals surface area (Å²) in [4.78, 5) is 26.3. The average molecular weight is 409 g/mol. The molecule has 1 unspecified atom stereocenters. The van der Waals surface area contributed by atoms with E-state index < -0.39 is 0 Å². The number of carbonyl (C=O) groups excluding carboxylic acids is 2. The lowest BCUT2D eigenvalue weighted by Gasteiger charge is -2.32. The normalized spacial score (nSPS) is 16.9. The molecule has 1 aromatic carbocycles. The van der Waals surface area contributed by atoms with Crippen molar-refractivity contribution in [2.45, 2.75) is 25.7 Å². The highest BCUT2D eigenvalue weighted by Gasteiger charge is 2.27. The molecule has 2 amide bonds. The van der Waals surface area contributed by atoms with E-state index in [0.29, 0.717) is 49.1 Å². The third kappa shape index (κ3) is 6.66. The molecule has 0 saturated carbocycles. The summed E-state index contributed by atoms with van der Waals surface area (Å²) in [6.07, 6.45) is 2.59. The SMILES string of the molecule is Cl.NCCNC(=O)C1CCCN(C(=O)CCc2ccc(Cl)cc2Cl)C1. The van der Waals surface area contributed by atoms with Crippen LogP contribution < -0.4 is 11.1 Å². The zero-order chi connectivity index (χ0) is 17.5. The maximum Gasteiger partial charge on any atom is 0.224 e. The summed E-state index contributed by atoms with van der Waals surface area (Å²) in [6, 6.07) is 5.30. The summed E-state index contributed by atoms with van der Waals surface area (Å²) in [6.45, 7) is 2.07. The van der Waals surface area contributed by atoms with Gasteiger partial charge in [-0.3, -0.25) is 9.59 Å². The van der Waals surface area contributed by atoms with Crippen molar-refractivity contribution in [2.75, 3.05) is 26.2 Å². The van der Waals surface area contributed by atoms with Gasteiger partial charge in [-0.05, 0) is 37.0 Å². The Morgan fingerprint density at radius 3 is 2.76 bits per heavy atom. The third-order valence-electron chi connectivity index (χ3n) is 4.21. The number of carbonyl (C=O) groups is 2. The van der Waals surface area contributed by atoms with Gasteiger partial charge in [0.1, 0.15) is 0 Å². The van der Waals surface area contributed by atoms with Gasteiger partial charge in [-0.2, -0.15) is 0 Å². The number of nitrogens with one attached hydrogen (secondary N) is 1. The molecular weight excluding hydrogens is 385 g/mol. The molecule has 1 aliphatic rings. The standard InChI is InChI=1S/C17H23Cl2N3O2.ClH/c18-14-5-3-12(15(19)10-14)4-6-16(23)22-9-1-2-13(11-22)17(24)21-8-7-20;/h3,5,10,13H,1-2,4,6-9,11,20H2,(H,21,24);1H. The lowest BCUT2D eigenvalue weighted by molar-refractivity contribution is -0.135. The van der Waals surface area contributed by atoms with Crippen LogP contribution in [0.25, 0.3) is 0 Å². The molecule has 1 aliphatic heterocycles. The molecule has 0 spiro atoms. The van der Waals surface area contributed by atoms with Crippen LogP contribution in [0.1, 0.15) is 24.8 Å². The molecule has 0 aromatic heterocycles. The molecule has 1 atom stereocenters. The van der Waals surface area contributed by atoms with E-state index in [-0.39, 0.29) is 30.1 Å². The number of hydrogen-bond acceptors (Lipinski definition) is 3. The van der Waals surface area contributed by atoms with Crippen LogP contribution in [0.3, 0.4) is 0 Å². The minimum atomic E-state index is -0.145. The molecule has 1 fully saturated rings. The van der Waals surface area contributed by atoms with Crippen molar-refractivity contribution < 1.29 is 9.59 Å². The first-order chi connectivity index (χ1) is 11.5. The molecule has 3 N–H and O–H groups in total. The van der Waals surface area contributed by atoms with E-state index in [1.807, 2.05) is 6.07 Å². The zero-order valence-corrected chi connectivity index (χ0v) is 16.3. The van der Waals surface area contributed by atoms with Crippen molar-refractivity contribution in [1.29, 1.82) is 0 Å². The highest BCUT2D eigenvalue weighted by Crippen LogP contribution is 2.23. The minimum absolute atomic E-state index is 0. The summed E-state index contributed by atoms with van der Waals surface area (Å²) < 4.78 is 0. The third-order valence-corrected chi connectivity index (χ3v) is 4.80. The van der Waals surface area contributed by atoms with Gasteiger partial charge in [0.25, 0.3) is 0 Å². The fourth-order valence-corrected chi connectivity index (χ4v) is 3.38. The second kappa shape index (κ2) is 10.9. The van der Waals surface area contributed by atoms with Crippen molar-refractivity contribution in [3.63, 3.8) is 0 Å². The van der Waals surface area contributed by atoms with Crippen LogP contribution in [0.4, 0.5) is 0 Å². The van der Waals surface area contributed by atoms with Crippen molar-refractivity contribution in [3.05, 3.63) is 33.8 Å². The zero-order valence-electron chi connectivity index (χ0n) is 14.0. The van der Waals surface area contributed by atoms with E-state index in [4.69, 9.17) is 28.9 Å². The van der Waals surface area contributed by atoms with Gasteiger partial charge in [-0.25, -0.2) is 0 Å². The number of rotatable bonds is 6. The second-order valence-electron chi connectivity index (χ2n) is 5.99. The number of hydrogen-bond donors (Lipinski definition) is 2. The Kier molecular flexibility index (Phi) is 9.57. The van der Waals surface area contributed by atoms with E-state index in [0.717, 1.165) is 18.4 Å². The van der Waals surface area contributed by atoms with Gasteiger partial charge in [0.05, 0.1) is 5.92 Å². The van der Waals surface area contributed by atoms with Gasteiger partial charge in [0.2, 0.25) is 11.8 Å². The first-order valence-electron chi connectivity index (χ1n) is 8.20. The first kappa shape index (κ1) is 22.0. The first-order valence-corrected chi connectivity index (χ1v) is 8.96. The number of likely N-dealkylation sites (tertiary alicyclic amines) is 1. The molecule has 25 heavy (non-hydrogen) atoms. The molecule has 1 heterocycles. The quantitative estimate of drug-likeness (QED) is 0.760. The Morgan fingerprint density at radius 1 is 1.32 bits per heavy atom. The molecule has 8 heteroatoms. The number of piperidine rings is 1. The minimum Gasteiger partial charge on any atom is -0.355 e. The Bertz CT molecular complexity index is 599. The fourth-order valence-electron chi connectivity index (χ4n) is 2.88. The maximum absolute atomic E-state index is 12.4. The van der Waals surface area contributed by atoms with Crippen LogP contribution in [-0.2, 0) is 16.0 Å². The van der Waals surface area contributed by atoms with Crippen LogP contribution in [-0.4, -0.2) is 42.9 Å². The molecule has 0 bridgehead atoms. The predicted molar refractivity (Wildman–Crippen MR) is 103 cm³/mol. The molecule has 5 nitrogen and oxygen atoms in total. The van der Waals surface area contributed by atoms with Crippen molar-refractivity contribution in [1.82, 2.24) is 10.2 Å². The number of nitrogens with two attached hydrogens (primary N) is 1.